The van der Waals surface area contributed by atoms with Gasteiger partial charge in [-0.2, -0.15) is 0 Å². The summed E-state index contributed by atoms with van der Waals surface area (Å²) in [4.78, 5) is 42.0. The fourth-order valence-electron chi connectivity index (χ4n) is 4.21. The molecule has 0 spiro atoms. The van der Waals surface area contributed by atoms with Crippen LogP contribution in [0.25, 0.3) is 11.0 Å². The van der Waals surface area contributed by atoms with Gasteiger partial charge in [0.15, 0.2) is 5.65 Å². The summed E-state index contributed by atoms with van der Waals surface area (Å²) in [6.45, 7) is 5.81. The molecule has 0 aliphatic heterocycles. The van der Waals surface area contributed by atoms with Crippen LogP contribution in [0, 0.1) is 12.7 Å². The number of urea groups is 1. The quantitative estimate of drug-likeness (QED) is 0.164. The number of aromatic nitrogens is 3. The molecule has 0 saturated carbocycles. The molecule has 0 aliphatic rings. The van der Waals surface area contributed by atoms with Crippen molar-refractivity contribution in [1.29, 1.82) is 0 Å². The van der Waals surface area contributed by atoms with E-state index in [0.29, 0.717) is 39.7 Å². The molecular weight excluding hydrogens is 577 g/mol. The fourth-order valence-corrected chi connectivity index (χ4v) is 5.09. The van der Waals surface area contributed by atoms with Crippen molar-refractivity contribution in [3.63, 3.8) is 0 Å². The number of aryl methyl sites for hydroxylation is 1. The number of amides is 3. The molecule has 2 heterocycles. The van der Waals surface area contributed by atoms with Crippen LogP contribution in [0.4, 0.5) is 32.1 Å². The Morgan fingerprint density at radius 2 is 1.64 bits per heavy atom. The molecule has 0 unspecified atom stereocenters. The second-order valence-corrected chi connectivity index (χ2v) is 11.8. The lowest BCUT2D eigenvalue weighted by Gasteiger charge is -2.15. The highest BCUT2D eigenvalue weighted by Gasteiger charge is 2.15. The molecular formula is C33H32FN7O2S. The van der Waals surface area contributed by atoms with E-state index in [4.69, 9.17) is 0 Å². The van der Waals surface area contributed by atoms with Gasteiger partial charge in [0.2, 0.25) is 0 Å². The van der Waals surface area contributed by atoms with Crippen LogP contribution in [0.3, 0.4) is 0 Å². The first kappa shape index (κ1) is 30.4. The zero-order chi connectivity index (χ0) is 31.4. The van der Waals surface area contributed by atoms with Crippen LogP contribution in [-0.2, 0) is 0 Å². The van der Waals surface area contributed by atoms with Gasteiger partial charge in [0.1, 0.15) is 18.0 Å². The zero-order valence-corrected chi connectivity index (χ0v) is 25.8. The Morgan fingerprint density at radius 3 is 2.34 bits per heavy atom. The number of carbonyl (C=O) groups excluding carboxylic acids is 2. The number of benzene rings is 3. The molecule has 0 atom stereocenters. The van der Waals surface area contributed by atoms with Crippen LogP contribution >= 0.6 is 11.8 Å². The molecule has 9 nitrogen and oxygen atoms in total. The standard InChI is InChI=1S/C33H32FN7O2S/c1-19(2)27-14-13-25-30(39-27)35-18-36-31(25)40-28-16-21(32(42)37-23-8-6-20(3)26(34)17-23)7-15-29(28)44-24-11-9-22(10-12-24)38-33(43)41(4)5/h6-19H,1-5H3,(H,37,42)(H,38,43)(H,35,36,39,40). The van der Waals surface area contributed by atoms with Crippen molar-refractivity contribution in [2.24, 2.45) is 0 Å². The summed E-state index contributed by atoms with van der Waals surface area (Å²) in [5.74, 6) is 0.00633. The number of carbonyl (C=O) groups is 2. The van der Waals surface area contributed by atoms with Crippen LogP contribution < -0.4 is 16.0 Å². The highest BCUT2D eigenvalue weighted by atomic mass is 32.2. The topological polar surface area (TPSA) is 112 Å². The van der Waals surface area contributed by atoms with Crippen LogP contribution in [-0.4, -0.2) is 45.9 Å². The smallest absolute Gasteiger partial charge is 0.321 e. The Hall–Kier alpha value is -5.03. The van der Waals surface area contributed by atoms with Crippen molar-refractivity contribution in [1.82, 2.24) is 19.9 Å². The summed E-state index contributed by atoms with van der Waals surface area (Å²) in [6.07, 6.45) is 1.46. The van der Waals surface area contributed by atoms with Gasteiger partial charge in [0.05, 0.1) is 11.1 Å². The summed E-state index contributed by atoms with van der Waals surface area (Å²) in [7, 11) is 3.36. The van der Waals surface area contributed by atoms with E-state index in [1.165, 1.54) is 29.1 Å². The van der Waals surface area contributed by atoms with Crippen molar-refractivity contribution >= 4 is 57.6 Å². The van der Waals surface area contributed by atoms with Gasteiger partial charge in [-0.15, -0.1) is 0 Å². The van der Waals surface area contributed by atoms with Crippen molar-refractivity contribution in [3.05, 3.63) is 102 Å². The summed E-state index contributed by atoms with van der Waals surface area (Å²) in [6, 6.07) is 21.0. The van der Waals surface area contributed by atoms with E-state index in [0.717, 1.165) is 20.9 Å². The van der Waals surface area contributed by atoms with Gasteiger partial charge in [-0.1, -0.05) is 31.7 Å². The third-order valence-electron chi connectivity index (χ3n) is 6.77. The molecule has 5 aromatic rings. The second-order valence-electron chi connectivity index (χ2n) is 10.7. The molecule has 3 aromatic carbocycles. The second kappa shape index (κ2) is 13.1. The molecule has 0 aliphatic carbocycles. The van der Waals surface area contributed by atoms with Gasteiger partial charge in [-0.05, 0) is 85.1 Å². The van der Waals surface area contributed by atoms with Gasteiger partial charge in [0.25, 0.3) is 5.91 Å². The number of nitrogens with zero attached hydrogens (tertiary/aromatic N) is 4. The minimum atomic E-state index is -0.394. The molecule has 0 saturated heterocycles. The Labute approximate surface area is 259 Å². The van der Waals surface area contributed by atoms with Crippen molar-refractivity contribution < 1.29 is 14.0 Å². The number of hydrogen-bond acceptors (Lipinski definition) is 7. The highest BCUT2D eigenvalue weighted by Crippen LogP contribution is 2.37. The first-order chi connectivity index (χ1) is 21.1. The molecule has 5 rings (SSSR count). The number of rotatable bonds is 8. The third-order valence-corrected chi connectivity index (χ3v) is 7.86. The maximum Gasteiger partial charge on any atom is 0.321 e. The molecule has 11 heteroatoms. The Morgan fingerprint density at radius 1 is 0.886 bits per heavy atom. The third kappa shape index (κ3) is 7.12. The Balaban J connectivity index is 1.47. The number of nitrogens with one attached hydrogen (secondary N) is 3. The minimum Gasteiger partial charge on any atom is -0.339 e. The Bertz CT molecular complexity index is 1850. The van der Waals surface area contributed by atoms with E-state index < -0.39 is 5.82 Å². The first-order valence-corrected chi connectivity index (χ1v) is 14.8. The monoisotopic (exact) mass is 609 g/mol. The van der Waals surface area contributed by atoms with Crippen molar-refractivity contribution in [2.45, 2.75) is 36.5 Å². The predicted octanol–water partition coefficient (Wildman–Crippen LogP) is 7.84. The van der Waals surface area contributed by atoms with Gasteiger partial charge >= 0.3 is 6.03 Å². The highest BCUT2D eigenvalue weighted by molar-refractivity contribution is 7.99. The van der Waals surface area contributed by atoms with Crippen LogP contribution in [0.5, 0.6) is 0 Å². The molecule has 3 N–H and O–H groups in total. The van der Waals surface area contributed by atoms with Crippen LogP contribution in [0.1, 0.15) is 41.4 Å². The molecule has 44 heavy (non-hydrogen) atoms. The maximum absolute atomic E-state index is 14.1. The molecule has 0 bridgehead atoms. The number of fused-ring (bicyclic) bond motifs is 1. The largest absolute Gasteiger partial charge is 0.339 e. The Kier molecular flexibility index (Phi) is 9.05. The zero-order valence-electron chi connectivity index (χ0n) is 25.0. The number of anilines is 4. The molecule has 2 aromatic heterocycles. The lowest BCUT2D eigenvalue weighted by molar-refractivity contribution is 0.102. The van der Waals surface area contributed by atoms with Crippen molar-refractivity contribution in [2.75, 3.05) is 30.0 Å². The van der Waals surface area contributed by atoms with E-state index in [1.54, 1.807) is 45.3 Å². The van der Waals surface area contributed by atoms with Gasteiger partial charge in [-0.25, -0.2) is 24.1 Å². The fraction of sp³-hybridized carbons (Fsp3) is 0.182. The summed E-state index contributed by atoms with van der Waals surface area (Å²) in [5.41, 5.74) is 4.03. The van der Waals surface area contributed by atoms with Gasteiger partial charge < -0.3 is 20.9 Å². The molecule has 3 amide bonds. The van der Waals surface area contributed by atoms with E-state index in [-0.39, 0.29) is 17.9 Å². The lowest BCUT2D eigenvalue weighted by Crippen LogP contribution is -2.27. The van der Waals surface area contributed by atoms with E-state index in [9.17, 15) is 14.0 Å². The van der Waals surface area contributed by atoms with Gasteiger partial charge in [-0.3, -0.25) is 4.79 Å². The lowest BCUT2D eigenvalue weighted by atomic mass is 10.1. The summed E-state index contributed by atoms with van der Waals surface area (Å²) in [5, 5.41) is 9.73. The number of hydrogen-bond donors (Lipinski definition) is 3. The van der Waals surface area contributed by atoms with Gasteiger partial charge in [0, 0.05) is 46.5 Å². The van der Waals surface area contributed by atoms with E-state index in [1.807, 2.05) is 42.5 Å². The van der Waals surface area contributed by atoms with E-state index in [2.05, 4.69) is 44.7 Å². The maximum atomic E-state index is 14.1. The summed E-state index contributed by atoms with van der Waals surface area (Å²) >= 11 is 1.48. The average Bonchev–Trinajstić information content (AvgIpc) is 3.00. The van der Waals surface area contributed by atoms with Crippen molar-refractivity contribution in [3.8, 4) is 0 Å². The minimum absolute atomic E-state index is 0.216. The first-order valence-electron chi connectivity index (χ1n) is 13.9. The SMILES string of the molecule is Cc1ccc(NC(=O)c2ccc(Sc3ccc(NC(=O)N(C)C)cc3)c(Nc3ncnc4nc(C(C)C)ccc34)c2)cc1F. The molecule has 0 radical (unpaired) electrons. The molecule has 0 fully saturated rings. The van der Waals surface area contributed by atoms with Crippen LogP contribution in [0.2, 0.25) is 0 Å². The summed E-state index contributed by atoms with van der Waals surface area (Å²) < 4.78 is 14.1. The number of pyridine rings is 1. The average molecular weight is 610 g/mol. The predicted molar refractivity (Wildman–Crippen MR) is 174 cm³/mol. The van der Waals surface area contributed by atoms with E-state index >= 15 is 0 Å². The normalized spacial score (nSPS) is 11.0. The molecule has 224 valence electrons. The van der Waals surface area contributed by atoms with Crippen LogP contribution in [0.15, 0.2) is 88.9 Å². The number of halogens is 1.